The molecule has 0 amide bonds. The fourth-order valence-electron chi connectivity index (χ4n) is 3.50. The highest BCUT2D eigenvalue weighted by molar-refractivity contribution is 7.99. The smallest absolute Gasteiger partial charge is 0.263 e. The SMILES string of the molecule is CCCCCCCCCCCC(=O)c1ncc(CCCCSCCC[N+](C)(C)C)o1.[I-]. The quantitative estimate of drug-likeness (QED) is 0.104. The number of rotatable bonds is 20. The monoisotopic (exact) mass is 566 g/mol. The summed E-state index contributed by atoms with van der Waals surface area (Å²) in [6, 6.07) is 0. The fourth-order valence-corrected chi connectivity index (χ4v) is 4.45. The molecule has 0 spiro atoms. The lowest BCUT2D eigenvalue weighted by Gasteiger charge is -2.23. The van der Waals surface area contributed by atoms with Crippen molar-refractivity contribution in [1.82, 2.24) is 4.98 Å². The van der Waals surface area contributed by atoms with Crippen LogP contribution in [0.1, 0.15) is 107 Å². The molecular weight excluding hydrogens is 519 g/mol. The van der Waals surface area contributed by atoms with Crippen LogP contribution in [0.25, 0.3) is 0 Å². The fraction of sp³-hybridized carbons (Fsp3) is 0.840. The van der Waals surface area contributed by atoms with E-state index in [1.165, 1.54) is 75.8 Å². The number of aromatic nitrogens is 1. The Hall–Kier alpha value is -0.0800. The zero-order valence-corrected chi connectivity index (χ0v) is 23.6. The molecule has 0 radical (unpaired) electrons. The Kier molecular flexibility index (Phi) is 19.3. The second-order valence-electron chi connectivity index (χ2n) is 9.57. The Bertz CT molecular complexity index is 558. The first-order chi connectivity index (χ1) is 14.4. The summed E-state index contributed by atoms with van der Waals surface area (Å²) < 4.78 is 6.74. The second kappa shape index (κ2) is 19.4. The number of aryl methyl sites for hydroxylation is 1. The van der Waals surface area contributed by atoms with E-state index in [9.17, 15) is 4.79 Å². The molecule has 0 unspecified atom stereocenters. The molecule has 0 saturated heterocycles. The number of hydrogen-bond acceptors (Lipinski definition) is 4. The second-order valence-corrected chi connectivity index (χ2v) is 10.8. The Morgan fingerprint density at radius 1 is 0.903 bits per heavy atom. The maximum atomic E-state index is 12.3. The molecule has 0 saturated carbocycles. The summed E-state index contributed by atoms with van der Waals surface area (Å²) in [5.74, 6) is 3.70. The molecule has 0 aliphatic heterocycles. The van der Waals surface area contributed by atoms with Gasteiger partial charge in [-0.3, -0.25) is 4.79 Å². The Balaban J connectivity index is 0.00000900. The highest BCUT2D eigenvalue weighted by Crippen LogP contribution is 2.15. The third-order valence-corrected chi connectivity index (χ3v) is 6.53. The molecule has 0 fully saturated rings. The molecule has 0 N–H and O–H groups in total. The maximum absolute atomic E-state index is 12.3. The van der Waals surface area contributed by atoms with Crippen LogP contribution in [0.3, 0.4) is 0 Å². The van der Waals surface area contributed by atoms with Gasteiger partial charge in [-0.25, -0.2) is 4.98 Å². The Labute approximate surface area is 213 Å². The first kappa shape index (κ1) is 30.9. The number of ketones is 1. The van der Waals surface area contributed by atoms with Crippen molar-refractivity contribution < 1.29 is 37.7 Å². The van der Waals surface area contributed by atoms with Crippen LogP contribution in [-0.2, 0) is 6.42 Å². The zero-order valence-electron chi connectivity index (χ0n) is 20.6. The molecule has 182 valence electrons. The number of oxazole rings is 1. The molecule has 0 aromatic carbocycles. The van der Waals surface area contributed by atoms with Crippen molar-refractivity contribution in [2.24, 2.45) is 0 Å². The summed E-state index contributed by atoms with van der Waals surface area (Å²) in [5.41, 5.74) is 0. The Morgan fingerprint density at radius 2 is 1.52 bits per heavy atom. The molecule has 0 aliphatic rings. The van der Waals surface area contributed by atoms with Gasteiger partial charge < -0.3 is 32.9 Å². The summed E-state index contributed by atoms with van der Waals surface area (Å²) in [6.07, 6.45) is 18.2. The van der Waals surface area contributed by atoms with Crippen molar-refractivity contribution in [2.45, 2.75) is 96.8 Å². The minimum atomic E-state index is 0. The number of unbranched alkanes of at least 4 members (excludes halogenated alkanes) is 9. The Morgan fingerprint density at radius 3 is 2.16 bits per heavy atom. The highest BCUT2D eigenvalue weighted by atomic mass is 127. The van der Waals surface area contributed by atoms with E-state index >= 15 is 0 Å². The van der Waals surface area contributed by atoms with Gasteiger partial charge in [-0.15, -0.1) is 0 Å². The van der Waals surface area contributed by atoms with E-state index in [0.717, 1.165) is 35.9 Å². The van der Waals surface area contributed by atoms with E-state index in [4.69, 9.17) is 4.42 Å². The predicted molar refractivity (Wildman–Crippen MR) is 130 cm³/mol. The minimum Gasteiger partial charge on any atom is -1.00 e. The van der Waals surface area contributed by atoms with E-state index in [2.05, 4.69) is 33.1 Å². The lowest BCUT2D eigenvalue weighted by Crippen LogP contribution is -3.00. The lowest BCUT2D eigenvalue weighted by atomic mass is 10.1. The minimum absolute atomic E-state index is 0. The molecular formula is C25H47IN2O2S. The number of hydrogen-bond donors (Lipinski definition) is 0. The normalized spacial score (nSPS) is 11.5. The number of nitrogens with zero attached hydrogens (tertiary/aromatic N) is 2. The van der Waals surface area contributed by atoms with Gasteiger partial charge in [-0.1, -0.05) is 58.3 Å². The molecule has 1 aromatic heterocycles. The van der Waals surface area contributed by atoms with Crippen LogP contribution in [0.5, 0.6) is 0 Å². The third kappa shape index (κ3) is 18.1. The maximum Gasteiger partial charge on any atom is 0.263 e. The van der Waals surface area contributed by atoms with E-state index in [0.29, 0.717) is 12.3 Å². The first-order valence-electron chi connectivity index (χ1n) is 12.3. The van der Waals surface area contributed by atoms with Gasteiger partial charge in [-0.05, 0) is 30.8 Å². The van der Waals surface area contributed by atoms with Crippen molar-refractivity contribution in [1.29, 1.82) is 0 Å². The number of carbonyl (C=O) groups excluding carboxylic acids is 1. The molecule has 0 atom stereocenters. The number of halogens is 1. The van der Waals surface area contributed by atoms with E-state index in [-0.39, 0.29) is 29.8 Å². The van der Waals surface area contributed by atoms with Gasteiger partial charge >= 0.3 is 0 Å². The summed E-state index contributed by atoms with van der Waals surface area (Å²) >= 11 is 2.05. The van der Waals surface area contributed by atoms with Crippen LogP contribution in [0, 0.1) is 0 Å². The molecule has 4 nitrogen and oxygen atoms in total. The first-order valence-corrected chi connectivity index (χ1v) is 13.4. The van der Waals surface area contributed by atoms with Crippen LogP contribution < -0.4 is 24.0 Å². The van der Waals surface area contributed by atoms with Crippen LogP contribution in [0.15, 0.2) is 10.6 Å². The highest BCUT2D eigenvalue weighted by Gasteiger charge is 2.13. The molecule has 1 heterocycles. The molecule has 1 aromatic rings. The van der Waals surface area contributed by atoms with Gasteiger partial charge in [0.05, 0.1) is 33.9 Å². The van der Waals surface area contributed by atoms with Crippen LogP contribution >= 0.6 is 11.8 Å². The number of Topliss-reactive ketones (excluding diaryl/α,β-unsaturated/α-hetero) is 1. The summed E-state index contributed by atoms with van der Waals surface area (Å²) in [7, 11) is 6.74. The predicted octanol–water partition coefficient (Wildman–Crippen LogP) is 3.93. The van der Waals surface area contributed by atoms with Gasteiger partial charge in [0, 0.05) is 19.3 Å². The van der Waals surface area contributed by atoms with Crippen molar-refractivity contribution in [3.8, 4) is 0 Å². The van der Waals surface area contributed by atoms with Crippen LogP contribution in [0.2, 0.25) is 0 Å². The summed E-state index contributed by atoms with van der Waals surface area (Å²) in [4.78, 5) is 16.5. The van der Waals surface area contributed by atoms with Gasteiger partial charge in [0.25, 0.3) is 5.89 Å². The molecule has 0 aliphatic carbocycles. The standard InChI is InChI=1S/C25H47N2O2S.HI/c1-5-6-7-8-9-10-11-12-13-18-24(28)25-26-22-23(29-25)17-14-15-20-30-21-16-19-27(2,3)4;/h22H,5-21H2,1-4H3;1H/q+1;/p-1. The molecule has 1 rings (SSSR count). The largest absolute Gasteiger partial charge is 1.00 e. The van der Waals surface area contributed by atoms with Crippen molar-refractivity contribution in [3.05, 3.63) is 17.8 Å². The van der Waals surface area contributed by atoms with Gasteiger partial charge in [0.1, 0.15) is 5.76 Å². The number of thioether (sulfide) groups is 1. The molecule has 6 heteroatoms. The van der Waals surface area contributed by atoms with E-state index in [1.54, 1.807) is 6.20 Å². The van der Waals surface area contributed by atoms with Gasteiger partial charge in [-0.2, -0.15) is 11.8 Å². The van der Waals surface area contributed by atoms with Gasteiger partial charge in [0.2, 0.25) is 5.78 Å². The number of quaternary nitrogens is 1. The average molecular weight is 567 g/mol. The number of carbonyl (C=O) groups is 1. The molecule has 31 heavy (non-hydrogen) atoms. The van der Waals surface area contributed by atoms with E-state index < -0.39 is 0 Å². The summed E-state index contributed by atoms with van der Waals surface area (Å²) in [6.45, 7) is 3.49. The van der Waals surface area contributed by atoms with Crippen molar-refractivity contribution in [3.63, 3.8) is 0 Å². The van der Waals surface area contributed by atoms with Gasteiger partial charge in [0.15, 0.2) is 0 Å². The average Bonchev–Trinajstić information content (AvgIpc) is 3.17. The van der Waals surface area contributed by atoms with Crippen LogP contribution in [0.4, 0.5) is 0 Å². The van der Waals surface area contributed by atoms with E-state index in [1.807, 2.05) is 11.8 Å². The topological polar surface area (TPSA) is 43.1 Å². The third-order valence-electron chi connectivity index (χ3n) is 5.38. The molecule has 0 bridgehead atoms. The van der Waals surface area contributed by atoms with Crippen molar-refractivity contribution >= 4 is 17.5 Å². The zero-order chi connectivity index (χ0) is 22.1. The van der Waals surface area contributed by atoms with Crippen LogP contribution in [-0.4, -0.2) is 54.4 Å². The summed E-state index contributed by atoms with van der Waals surface area (Å²) in [5, 5.41) is 0. The van der Waals surface area contributed by atoms with Crippen molar-refractivity contribution in [2.75, 3.05) is 39.2 Å². The lowest BCUT2D eigenvalue weighted by molar-refractivity contribution is -0.870.